The Labute approximate surface area is 141 Å². The molecule has 4 aliphatic carbocycles. The molecule has 2 aromatic carbocycles. The molecule has 0 heterocycles. The molecular formula is C20H18Cl2. The van der Waals surface area contributed by atoms with E-state index in [1.165, 1.54) is 47.9 Å². The lowest BCUT2D eigenvalue weighted by atomic mass is 9.62. The van der Waals surface area contributed by atoms with E-state index in [1.54, 1.807) is 11.1 Å². The third-order valence-corrected chi connectivity index (χ3v) is 7.00. The second-order valence-corrected chi connectivity index (χ2v) is 7.94. The number of fused-ring (bicyclic) bond motifs is 2. The van der Waals surface area contributed by atoms with Crippen LogP contribution in [0, 0.1) is 0 Å². The third-order valence-electron chi connectivity index (χ3n) is 5.82. The lowest BCUT2D eigenvalue weighted by Gasteiger charge is -2.47. The summed E-state index contributed by atoms with van der Waals surface area (Å²) in [5.74, 6) is 0.514. The minimum absolute atomic E-state index is 0.00397. The summed E-state index contributed by atoms with van der Waals surface area (Å²) >= 11 is 13.5. The molecule has 112 valence electrons. The van der Waals surface area contributed by atoms with Crippen molar-refractivity contribution < 1.29 is 0 Å². The molecule has 2 aromatic rings. The van der Waals surface area contributed by atoms with E-state index in [0.29, 0.717) is 0 Å². The van der Waals surface area contributed by atoms with Crippen molar-refractivity contribution in [1.29, 1.82) is 0 Å². The summed E-state index contributed by atoms with van der Waals surface area (Å²) in [7, 11) is 0. The van der Waals surface area contributed by atoms with Crippen molar-refractivity contribution in [2.75, 3.05) is 0 Å². The zero-order valence-corrected chi connectivity index (χ0v) is 13.9. The van der Waals surface area contributed by atoms with Crippen LogP contribution in [0.4, 0.5) is 0 Å². The molecule has 2 bridgehead atoms. The van der Waals surface area contributed by atoms with Crippen molar-refractivity contribution in [1.82, 2.24) is 0 Å². The van der Waals surface area contributed by atoms with E-state index in [1.807, 2.05) is 0 Å². The molecule has 6 rings (SSSR count). The molecule has 22 heavy (non-hydrogen) atoms. The van der Waals surface area contributed by atoms with Gasteiger partial charge in [-0.3, -0.25) is 0 Å². The minimum atomic E-state index is -0.00397. The molecule has 0 saturated carbocycles. The predicted octanol–water partition coefficient (Wildman–Crippen LogP) is 5.37. The number of halogens is 2. The van der Waals surface area contributed by atoms with Gasteiger partial charge < -0.3 is 0 Å². The van der Waals surface area contributed by atoms with Gasteiger partial charge in [-0.1, -0.05) is 36.4 Å². The fraction of sp³-hybridized carbons (Fsp3) is 0.400. The monoisotopic (exact) mass is 328 g/mol. The quantitative estimate of drug-likeness (QED) is 0.570. The highest BCUT2D eigenvalue weighted by Gasteiger charge is 2.48. The molecule has 0 fully saturated rings. The Hall–Kier alpha value is -0.980. The molecule has 0 unspecified atom stereocenters. The summed E-state index contributed by atoms with van der Waals surface area (Å²) in [5.41, 5.74) is 8.78. The lowest BCUT2D eigenvalue weighted by molar-refractivity contribution is 0.531. The van der Waals surface area contributed by atoms with Crippen molar-refractivity contribution >= 4 is 23.2 Å². The first-order valence-electron chi connectivity index (χ1n) is 8.28. The second-order valence-electron chi connectivity index (χ2n) is 6.93. The van der Waals surface area contributed by atoms with Crippen LogP contribution >= 0.6 is 23.2 Å². The van der Waals surface area contributed by atoms with Crippen LogP contribution < -0.4 is 0 Å². The minimum Gasteiger partial charge on any atom is -0.120 e. The highest BCUT2D eigenvalue weighted by molar-refractivity contribution is 6.31. The standard InChI is InChI=1S/C20H18Cl2/c21-19-17-13-7-3-4-8-14(13)18(20(19)22)16-10-12-6-2-1-5-11(12)9-15(16)17/h3-4,7-10,17-20H,1-2,5-6H2/t17-,18-,19+,20+/m0/s1. The number of benzene rings is 2. The maximum atomic E-state index is 6.77. The molecule has 0 aromatic heterocycles. The molecule has 0 saturated heterocycles. The van der Waals surface area contributed by atoms with E-state index in [4.69, 9.17) is 23.2 Å². The Morgan fingerprint density at radius 1 is 0.682 bits per heavy atom. The molecular weight excluding hydrogens is 311 g/mol. The Bertz CT molecular complexity index is 700. The summed E-state index contributed by atoms with van der Waals surface area (Å²) < 4.78 is 0. The summed E-state index contributed by atoms with van der Waals surface area (Å²) in [5, 5.41) is -0.00795. The molecule has 4 atom stereocenters. The third kappa shape index (κ3) is 1.66. The van der Waals surface area contributed by atoms with E-state index in [2.05, 4.69) is 36.4 Å². The summed E-state index contributed by atoms with van der Waals surface area (Å²) in [4.78, 5) is 0. The van der Waals surface area contributed by atoms with Crippen molar-refractivity contribution in [3.63, 3.8) is 0 Å². The highest BCUT2D eigenvalue weighted by atomic mass is 35.5. The molecule has 0 spiro atoms. The van der Waals surface area contributed by atoms with Crippen LogP contribution in [-0.4, -0.2) is 10.8 Å². The zero-order valence-electron chi connectivity index (χ0n) is 12.4. The SMILES string of the molecule is Cl[C@@H]1[C@H]2c3ccccc3[C@@H](c3cc4c(cc32)CCCC4)[C@H]1Cl. The van der Waals surface area contributed by atoms with Gasteiger partial charge in [-0.2, -0.15) is 0 Å². The van der Waals surface area contributed by atoms with Gasteiger partial charge in [0.05, 0.1) is 10.8 Å². The van der Waals surface area contributed by atoms with E-state index >= 15 is 0 Å². The predicted molar refractivity (Wildman–Crippen MR) is 92.5 cm³/mol. The summed E-state index contributed by atoms with van der Waals surface area (Å²) in [6.07, 6.45) is 5.08. The van der Waals surface area contributed by atoms with Gasteiger partial charge in [-0.25, -0.2) is 0 Å². The van der Waals surface area contributed by atoms with E-state index in [9.17, 15) is 0 Å². The number of alkyl halides is 2. The molecule has 0 amide bonds. The van der Waals surface area contributed by atoms with E-state index in [0.717, 1.165) is 0 Å². The Balaban J connectivity index is 1.79. The van der Waals surface area contributed by atoms with E-state index < -0.39 is 0 Å². The van der Waals surface area contributed by atoms with Crippen LogP contribution in [0.15, 0.2) is 36.4 Å². The van der Waals surface area contributed by atoms with Crippen LogP contribution in [0.25, 0.3) is 0 Å². The molecule has 2 heteroatoms. The van der Waals surface area contributed by atoms with Crippen LogP contribution in [0.1, 0.15) is 58.1 Å². The fourth-order valence-corrected chi connectivity index (χ4v) is 5.66. The Kier molecular flexibility index (Phi) is 2.91. The first-order chi connectivity index (χ1) is 10.8. The van der Waals surface area contributed by atoms with Gasteiger partial charge in [0.25, 0.3) is 0 Å². The first kappa shape index (κ1) is 13.5. The van der Waals surface area contributed by atoms with Gasteiger partial charge in [-0.15, -0.1) is 23.2 Å². The van der Waals surface area contributed by atoms with Crippen LogP contribution in [-0.2, 0) is 12.8 Å². The fourth-order valence-electron chi connectivity index (χ4n) is 4.83. The molecule has 0 aliphatic heterocycles. The average Bonchev–Trinajstić information content (AvgIpc) is 2.56. The maximum Gasteiger partial charge on any atom is 0.0618 e. The Morgan fingerprint density at radius 3 is 1.59 bits per heavy atom. The van der Waals surface area contributed by atoms with Gasteiger partial charge in [0.2, 0.25) is 0 Å². The van der Waals surface area contributed by atoms with E-state index in [-0.39, 0.29) is 22.6 Å². The van der Waals surface area contributed by atoms with Crippen molar-refractivity contribution in [2.45, 2.75) is 48.3 Å². The highest BCUT2D eigenvalue weighted by Crippen LogP contribution is 2.56. The van der Waals surface area contributed by atoms with Crippen molar-refractivity contribution in [2.24, 2.45) is 0 Å². The second kappa shape index (κ2) is 4.76. The normalized spacial score (nSPS) is 31.4. The van der Waals surface area contributed by atoms with Crippen LogP contribution in [0.5, 0.6) is 0 Å². The zero-order chi connectivity index (χ0) is 14.8. The van der Waals surface area contributed by atoms with Crippen LogP contribution in [0.2, 0.25) is 0 Å². The molecule has 0 N–H and O–H groups in total. The summed E-state index contributed by atoms with van der Waals surface area (Å²) in [6.45, 7) is 0. The first-order valence-corrected chi connectivity index (χ1v) is 9.15. The number of hydrogen-bond acceptors (Lipinski definition) is 0. The van der Waals surface area contributed by atoms with Crippen molar-refractivity contribution in [3.05, 3.63) is 69.8 Å². The van der Waals surface area contributed by atoms with Gasteiger partial charge >= 0.3 is 0 Å². The Morgan fingerprint density at radius 2 is 1.14 bits per heavy atom. The van der Waals surface area contributed by atoms with Gasteiger partial charge in [0.1, 0.15) is 0 Å². The topological polar surface area (TPSA) is 0 Å². The molecule has 0 nitrogen and oxygen atoms in total. The maximum absolute atomic E-state index is 6.77. The molecule has 0 radical (unpaired) electrons. The van der Waals surface area contributed by atoms with Crippen molar-refractivity contribution in [3.8, 4) is 0 Å². The van der Waals surface area contributed by atoms with Gasteiger partial charge in [-0.05, 0) is 59.1 Å². The van der Waals surface area contributed by atoms with Gasteiger partial charge in [0, 0.05) is 11.8 Å². The van der Waals surface area contributed by atoms with Crippen LogP contribution in [0.3, 0.4) is 0 Å². The largest absolute Gasteiger partial charge is 0.120 e. The number of hydrogen-bond donors (Lipinski definition) is 0. The molecule has 4 aliphatic rings. The van der Waals surface area contributed by atoms with Gasteiger partial charge in [0.15, 0.2) is 0 Å². The average molecular weight is 329 g/mol. The lowest BCUT2D eigenvalue weighted by Crippen LogP contribution is -2.41. The number of rotatable bonds is 0. The smallest absolute Gasteiger partial charge is 0.0618 e. The number of aryl methyl sites for hydroxylation is 2. The summed E-state index contributed by atoms with van der Waals surface area (Å²) in [6, 6.07) is 13.7.